The van der Waals surface area contributed by atoms with Crippen molar-refractivity contribution in [2.75, 3.05) is 13.2 Å². The Bertz CT molecular complexity index is 583. The predicted molar refractivity (Wildman–Crippen MR) is 86.0 cm³/mol. The van der Waals surface area contributed by atoms with Crippen LogP contribution in [-0.2, 0) is 6.54 Å². The third-order valence-corrected chi connectivity index (χ3v) is 3.94. The molecule has 5 heteroatoms. The van der Waals surface area contributed by atoms with Crippen molar-refractivity contribution >= 4 is 11.3 Å². The quantitative estimate of drug-likeness (QED) is 0.825. The standard InChI is InChI=1S/C16H22N2O2S/c1-11-4-5-16(12(2)6-11)20-9-15(19)8-17-7-14-10-21-13(3)18-14/h4-6,10,15,17,19H,7-9H2,1-3H3. The average molecular weight is 306 g/mol. The largest absolute Gasteiger partial charge is 0.491 e. The number of nitrogens with one attached hydrogen (secondary N) is 1. The highest BCUT2D eigenvalue weighted by molar-refractivity contribution is 7.09. The summed E-state index contributed by atoms with van der Waals surface area (Å²) in [5.74, 6) is 0.828. The molecule has 0 aliphatic rings. The van der Waals surface area contributed by atoms with E-state index in [9.17, 15) is 5.11 Å². The topological polar surface area (TPSA) is 54.4 Å². The molecule has 1 aromatic heterocycles. The minimum absolute atomic E-state index is 0.285. The van der Waals surface area contributed by atoms with Gasteiger partial charge in [0.15, 0.2) is 0 Å². The molecule has 0 aliphatic heterocycles. The molecule has 1 heterocycles. The van der Waals surface area contributed by atoms with Gasteiger partial charge >= 0.3 is 0 Å². The van der Waals surface area contributed by atoms with Crippen LogP contribution < -0.4 is 10.1 Å². The van der Waals surface area contributed by atoms with Gasteiger partial charge in [0.2, 0.25) is 0 Å². The Kier molecular flexibility index (Phi) is 5.73. The summed E-state index contributed by atoms with van der Waals surface area (Å²) in [5, 5.41) is 16.2. The lowest BCUT2D eigenvalue weighted by molar-refractivity contribution is 0.106. The van der Waals surface area contributed by atoms with Crippen molar-refractivity contribution < 1.29 is 9.84 Å². The van der Waals surface area contributed by atoms with E-state index in [1.807, 2.05) is 31.4 Å². The first-order valence-electron chi connectivity index (χ1n) is 7.04. The van der Waals surface area contributed by atoms with Gasteiger partial charge in [-0.1, -0.05) is 17.7 Å². The molecular formula is C16H22N2O2S. The molecule has 0 aliphatic carbocycles. The zero-order valence-corrected chi connectivity index (χ0v) is 13.5. The van der Waals surface area contributed by atoms with E-state index in [4.69, 9.17) is 4.74 Å². The number of hydrogen-bond donors (Lipinski definition) is 2. The van der Waals surface area contributed by atoms with Crippen molar-refractivity contribution in [3.63, 3.8) is 0 Å². The Hall–Kier alpha value is -1.43. The van der Waals surface area contributed by atoms with Crippen LogP contribution in [0.25, 0.3) is 0 Å². The van der Waals surface area contributed by atoms with Crippen LogP contribution in [0.3, 0.4) is 0 Å². The van der Waals surface area contributed by atoms with Crippen LogP contribution in [-0.4, -0.2) is 29.3 Å². The fourth-order valence-electron chi connectivity index (χ4n) is 2.06. The molecule has 2 N–H and O–H groups in total. The van der Waals surface area contributed by atoms with Gasteiger partial charge in [0, 0.05) is 18.5 Å². The van der Waals surface area contributed by atoms with E-state index in [1.54, 1.807) is 11.3 Å². The first-order chi connectivity index (χ1) is 10.0. The van der Waals surface area contributed by atoms with Gasteiger partial charge in [-0.05, 0) is 32.4 Å². The molecule has 0 spiro atoms. The molecule has 2 aromatic rings. The van der Waals surface area contributed by atoms with E-state index in [0.29, 0.717) is 13.1 Å². The molecule has 2 rings (SSSR count). The highest BCUT2D eigenvalue weighted by Crippen LogP contribution is 2.18. The fraction of sp³-hybridized carbons (Fsp3) is 0.438. The van der Waals surface area contributed by atoms with E-state index < -0.39 is 6.10 Å². The van der Waals surface area contributed by atoms with Crippen LogP contribution >= 0.6 is 11.3 Å². The lowest BCUT2D eigenvalue weighted by Crippen LogP contribution is -2.31. The minimum Gasteiger partial charge on any atom is -0.491 e. The Labute approximate surface area is 129 Å². The third kappa shape index (κ3) is 5.12. The van der Waals surface area contributed by atoms with Gasteiger partial charge in [0.05, 0.1) is 10.7 Å². The van der Waals surface area contributed by atoms with Gasteiger partial charge in [-0.25, -0.2) is 4.98 Å². The molecule has 0 fully saturated rings. The lowest BCUT2D eigenvalue weighted by Gasteiger charge is -2.14. The third-order valence-electron chi connectivity index (χ3n) is 3.11. The molecule has 0 radical (unpaired) electrons. The highest BCUT2D eigenvalue weighted by atomic mass is 32.1. The van der Waals surface area contributed by atoms with Crippen LogP contribution in [0.5, 0.6) is 5.75 Å². The molecule has 0 saturated heterocycles. The van der Waals surface area contributed by atoms with Crippen molar-refractivity contribution in [3.8, 4) is 5.75 Å². The number of nitrogens with zero attached hydrogens (tertiary/aromatic N) is 1. The van der Waals surface area contributed by atoms with E-state index in [0.717, 1.165) is 22.0 Å². The highest BCUT2D eigenvalue weighted by Gasteiger charge is 2.07. The minimum atomic E-state index is -0.537. The number of hydrogen-bond acceptors (Lipinski definition) is 5. The van der Waals surface area contributed by atoms with Gasteiger partial charge < -0.3 is 15.2 Å². The predicted octanol–water partition coefficient (Wildman–Crippen LogP) is 2.60. The fourth-order valence-corrected chi connectivity index (χ4v) is 2.68. The monoisotopic (exact) mass is 306 g/mol. The Morgan fingerprint density at radius 1 is 1.33 bits per heavy atom. The number of benzene rings is 1. The van der Waals surface area contributed by atoms with Crippen molar-refractivity contribution in [3.05, 3.63) is 45.4 Å². The summed E-state index contributed by atoms with van der Waals surface area (Å²) in [6, 6.07) is 6.03. The van der Waals surface area contributed by atoms with Crippen LogP contribution in [0.2, 0.25) is 0 Å². The summed E-state index contributed by atoms with van der Waals surface area (Å²) in [7, 11) is 0. The number of thiazole rings is 1. The molecule has 0 amide bonds. The molecule has 114 valence electrons. The summed E-state index contributed by atoms with van der Waals surface area (Å²) < 4.78 is 5.66. The Morgan fingerprint density at radius 3 is 2.81 bits per heavy atom. The van der Waals surface area contributed by atoms with Crippen molar-refractivity contribution in [2.24, 2.45) is 0 Å². The molecule has 1 atom stereocenters. The van der Waals surface area contributed by atoms with E-state index in [2.05, 4.69) is 23.3 Å². The second kappa shape index (κ2) is 7.54. The molecule has 4 nitrogen and oxygen atoms in total. The molecular weight excluding hydrogens is 284 g/mol. The maximum Gasteiger partial charge on any atom is 0.122 e. The average Bonchev–Trinajstić information content (AvgIpc) is 2.83. The van der Waals surface area contributed by atoms with Crippen LogP contribution in [0.1, 0.15) is 21.8 Å². The lowest BCUT2D eigenvalue weighted by atomic mass is 10.1. The molecule has 0 bridgehead atoms. The molecule has 0 saturated carbocycles. The summed E-state index contributed by atoms with van der Waals surface area (Å²) in [6.45, 7) is 7.49. The van der Waals surface area contributed by atoms with Gasteiger partial charge in [-0.3, -0.25) is 0 Å². The summed E-state index contributed by atoms with van der Waals surface area (Å²) in [4.78, 5) is 4.36. The van der Waals surface area contributed by atoms with Crippen LogP contribution in [0.4, 0.5) is 0 Å². The SMILES string of the molecule is Cc1ccc(OCC(O)CNCc2csc(C)n2)c(C)c1. The number of aromatic nitrogens is 1. The summed E-state index contributed by atoms with van der Waals surface area (Å²) in [5.41, 5.74) is 3.31. The van der Waals surface area contributed by atoms with Gasteiger partial charge in [0.1, 0.15) is 18.5 Å². The summed E-state index contributed by atoms with van der Waals surface area (Å²) in [6.07, 6.45) is -0.537. The number of aryl methyl sites for hydroxylation is 3. The molecule has 1 unspecified atom stereocenters. The maximum atomic E-state index is 9.93. The van der Waals surface area contributed by atoms with Gasteiger partial charge in [0.25, 0.3) is 0 Å². The summed E-state index contributed by atoms with van der Waals surface area (Å²) >= 11 is 1.64. The Morgan fingerprint density at radius 2 is 2.14 bits per heavy atom. The zero-order chi connectivity index (χ0) is 15.2. The second-order valence-corrected chi connectivity index (χ2v) is 6.28. The van der Waals surface area contributed by atoms with Gasteiger partial charge in [-0.15, -0.1) is 11.3 Å². The molecule has 1 aromatic carbocycles. The smallest absolute Gasteiger partial charge is 0.122 e. The van der Waals surface area contributed by atoms with Crippen LogP contribution in [0.15, 0.2) is 23.6 Å². The van der Waals surface area contributed by atoms with E-state index in [1.165, 1.54) is 5.56 Å². The number of rotatable bonds is 7. The zero-order valence-electron chi connectivity index (χ0n) is 12.7. The van der Waals surface area contributed by atoms with E-state index in [-0.39, 0.29) is 6.61 Å². The number of ether oxygens (including phenoxy) is 1. The normalized spacial score (nSPS) is 12.4. The van der Waals surface area contributed by atoms with Gasteiger partial charge in [-0.2, -0.15) is 0 Å². The Balaban J connectivity index is 1.70. The van der Waals surface area contributed by atoms with Crippen LogP contribution in [0, 0.1) is 20.8 Å². The number of aliphatic hydroxyl groups excluding tert-OH is 1. The van der Waals surface area contributed by atoms with Crippen molar-refractivity contribution in [1.29, 1.82) is 0 Å². The van der Waals surface area contributed by atoms with Crippen molar-refractivity contribution in [1.82, 2.24) is 10.3 Å². The number of aliphatic hydroxyl groups is 1. The first-order valence-corrected chi connectivity index (χ1v) is 7.92. The second-order valence-electron chi connectivity index (χ2n) is 5.22. The van der Waals surface area contributed by atoms with E-state index >= 15 is 0 Å². The first kappa shape index (κ1) is 15.9. The molecule has 21 heavy (non-hydrogen) atoms. The van der Waals surface area contributed by atoms with Crippen molar-refractivity contribution in [2.45, 2.75) is 33.4 Å². The maximum absolute atomic E-state index is 9.93.